The highest BCUT2D eigenvalue weighted by Crippen LogP contribution is 2.26. The van der Waals surface area contributed by atoms with Crippen LogP contribution in [0.15, 0.2) is 16.8 Å². The van der Waals surface area contributed by atoms with Crippen LogP contribution in [-0.2, 0) is 0 Å². The van der Waals surface area contributed by atoms with Crippen LogP contribution in [-0.4, -0.2) is 17.7 Å². The molecule has 3 unspecified atom stereocenters. The molecule has 3 atom stereocenters. The number of rotatable bonds is 2. The Morgan fingerprint density at radius 1 is 1.64 bits per heavy atom. The minimum Gasteiger partial charge on any atom is -0.387 e. The molecule has 1 aliphatic rings. The van der Waals surface area contributed by atoms with E-state index in [9.17, 15) is 5.11 Å². The van der Waals surface area contributed by atoms with E-state index in [1.807, 2.05) is 16.8 Å². The molecule has 0 aromatic carbocycles. The fourth-order valence-corrected chi connectivity index (χ4v) is 2.76. The predicted molar refractivity (Wildman–Crippen MR) is 59.5 cm³/mol. The van der Waals surface area contributed by atoms with Crippen molar-refractivity contribution in [1.82, 2.24) is 5.32 Å². The molecule has 0 aliphatic carbocycles. The van der Waals surface area contributed by atoms with Gasteiger partial charge in [-0.25, -0.2) is 0 Å². The molecule has 1 aliphatic heterocycles. The Hall–Kier alpha value is -0.380. The zero-order valence-electron chi connectivity index (χ0n) is 8.44. The fourth-order valence-electron chi connectivity index (χ4n) is 2.07. The van der Waals surface area contributed by atoms with Gasteiger partial charge >= 0.3 is 0 Å². The smallest absolute Gasteiger partial charge is 0.0951 e. The van der Waals surface area contributed by atoms with Crippen LogP contribution in [0.1, 0.15) is 31.4 Å². The highest BCUT2D eigenvalue weighted by molar-refractivity contribution is 7.07. The Labute approximate surface area is 89.0 Å². The van der Waals surface area contributed by atoms with E-state index in [1.165, 1.54) is 6.42 Å². The average Bonchev–Trinajstić information content (AvgIpc) is 2.69. The zero-order chi connectivity index (χ0) is 9.97. The molecule has 1 fully saturated rings. The maximum absolute atomic E-state index is 10.1. The van der Waals surface area contributed by atoms with Crippen LogP contribution in [0.5, 0.6) is 0 Å². The van der Waals surface area contributed by atoms with Crippen molar-refractivity contribution in [2.24, 2.45) is 5.92 Å². The summed E-state index contributed by atoms with van der Waals surface area (Å²) in [6, 6.07) is 2.25. The van der Waals surface area contributed by atoms with E-state index < -0.39 is 0 Å². The fraction of sp³-hybridized carbons (Fsp3) is 0.636. The molecule has 78 valence electrons. The highest BCUT2D eigenvalue weighted by atomic mass is 32.1. The van der Waals surface area contributed by atoms with E-state index in [0.717, 1.165) is 24.4 Å². The number of hydrogen-bond donors (Lipinski definition) is 2. The molecule has 0 spiro atoms. The number of thiophene rings is 1. The zero-order valence-corrected chi connectivity index (χ0v) is 9.26. The molecule has 2 nitrogen and oxygen atoms in total. The molecule has 0 amide bonds. The lowest BCUT2D eigenvalue weighted by Crippen LogP contribution is -2.41. The van der Waals surface area contributed by atoms with Gasteiger partial charge in [-0.3, -0.25) is 0 Å². The molecule has 14 heavy (non-hydrogen) atoms. The minimum atomic E-state index is -0.330. The van der Waals surface area contributed by atoms with Gasteiger partial charge in [-0.05, 0) is 47.7 Å². The van der Waals surface area contributed by atoms with Gasteiger partial charge in [-0.15, -0.1) is 0 Å². The van der Waals surface area contributed by atoms with Crippen molar-refractivity contribution in [3.05, 3.63) is 22.4 Å². The van der Waals surface area contributed by atoms with E-state index in [4.69, 9.17) is 0 Å². The van der Waals surface area contributed by atoms with Gasteiger partial charge < -0.3 is 10.4 Å². The normalized spacial score (nSPS) is 30.1. The monoisotopic (exact) mass is 211 g/mol. The molecule has 3 heteroatoms. The van der Waals surface area contributed by atoms with Gasteiger partial charge in [0, 0.05) is 6.04 Å². The predicted octanol–water partition coefficient (Wildman–Crippen LogP) is 2.17. The van der Waals surface area contributed by atoms with Crippen LogP contribution in [0.2, 0.25) is 0 Å². The van der Waals surface area contributed by atoms with Gasteiger partial charge in [-0.2, -0.15) is 11.3 Å². The maximum atomic E-state index is 10.1. The lowest BCUT2D eigenvalue weighted by atomic mass is 9.89. The van der Waals surface area contributed by atoms with E-state index in [1.54, 1.807) is 11.3 Å². The van der Waals surface area contributed by atoms with Gasteiger partial charge in [0.15, 0.2) is 0 Å². The van der Waals surface area contributed by atoms with Crippen molar-refractivity contribution in [1.29, 1.82) is 0 Å². The molecule has 1 saturated heterocycles. The first-order valence-corrected chi connectivity index (χ1v) is 6.15. The topological polar surface area (TPSA) is 32.3 Å². The van der Waals surface area contributed by atoms with Crippen molar-refractivity contribution < 1.29 is 5.11 Å². The van der Waals surface area contributed by atoms with Crippen LogP contribution in [0, 0.1) is 5.92 Å². The highest BCUT2D eigenvalue weighted by Gasteiger charge is 2.25. The maximum Gasteiger partial charge on any atom is 0.0951 e. The Morgan fingerprint density at radius 2 is 2.50 bits per heavy atom. The number of nitrogens with one attached hydrogen (secondary N) is 1. The van der Waals surface area contributed by atoms with Crippen LogP contribution in [0.25, 0.3) is 0 Å². The summed E-state index contributed by atoms with van der Waals surface area (Å²) in [7, 11) is 0. The summed E-state index contributed by atoms with van der Waals surface area (Å²) >= 11 is 1.64. The Balaban J connectivity index is 2.00. The summed E-state index contributed by atoms with van der Waals surface area (Å²) < 4.78 is 0. The molecule has 2 N–H and O–H groups in total. The van der Waals surface area contributed by atoms with E-state index in [2.05, 4.69) is 12.2 Å². The quantitative estimate of drug-likeness (QED) is 0.786. The first-order valence-electron chi connectivity index (χ1n) is 5.21. The minimum absolute atomic E-state index is 0.244. The molecule has 0 saturated carbocycles. The molecule has 0 bridgehead atoms. The first-order chi connectivity index (χ1) is 6.77. The second kappa shape index (κ2) is 4.43. The van der Waals surface area contributed by atoms with Gasteiger partial charge in [0.1, 0.15) is 0 Å². The third-order valence-electron chi connectivity index (χ3n) is 2.97. The van der Waals surface area contributed by atoms with E-state index >= 15 is 0 Å². The Bertz CT molecular complexity index is 273. The van der Waals surface area contributed by atoms with Crippen molar-refractivity contribution in [3.8, 4) is 0 Å². The second-order valence-corrected chi connectivity index (χ2v) is 4.97. The van der Waals surface area contributed by atoms with Crippen molar-refractivity contribution in [2.75, 3.05) is 6.54 Å². The van der Waals surface area contributed by atoms with E-state index in [-0.39, 0.29) is 12.1 Å². The molecule has 0 radical (unpaired) electrons. The van der Waals surface area contributed by atoms with E-state index in [0.29, 0.717) is 0 Å². The van der Waals surface area contributed by atoms with Gasteiger partial charge in [-0.1, -0.05) is 6.92 Å². The van der Waals surface area contributed by atoms with Crippen LogP contribution >= 0.6 is 11.3 Å². The largest absolute Gasteiger partial charge is 0.387 e. The number of hydrogen-bond acceptors (Lipinski definition) is 3. The number of aliphatic hydroxyl groups is 1. The van der Waals surface area contributed by atoms with Crippen molar-refractivity contribution >= 4 is 11.3 Å². The molecular formula is C11H17NOS. The van der Waals surface area contributed by atoms with Gasteiger partial charge in [0.25, 0.3) is 0 Å². The first kappa shape index (κ1) is 10.1. The standard InChI is InChI=1S/C11H17NOS/c1-8-2-4-12-10(6-8)11(13)9-3-5-14-7-9/h3,5,7-8,10-13H,2,4,6H2,1H3. The van der Waals surface area contributed by atoms with Gasteiger partial charge in [0.2, 0.25) is 0 Å². The van der Waals surface area contributed by atoms with Crippen LogP contribution in [0.4, 0.5) is 0 Å². The van der Waals surface area contributed by atoms with Gasteiger partial charge in [0.05, 0.1) is 6.10 Å². The Morgan fingerprint density at radius 3 is 3.14 bits per heavy atom. The number of piperidine rings is 1. The summed E-state index contributed by atoms with van der Waals surface area (Å²) in [4.78, 5) is 0. The number of aliphatic hydroxyl groups excluding tert-OH is 1. The third kappa shape index (κ3) is 2.16. The van der Waals surface area contributed by atoms with Crippen molar-refractivity contribution in [3.63, 3.8) is 0 Å². The Kier molecular flexibility index (Phi) is 3.21. The lowest BCUT2D eigenvalue weighted by Gasteiger charge is -2.31. The molecule has 2 rings (SSSR count). The van der Waals surface area contributed by atoms with Crippen LogP contribution < -0.4 is 5.32 Å². The second-order valence-electron chi connectivity index (χ2n) is 4.19. The average molecular weight is 211 g/mol. The summed E-state index contributed by atoms with van der Waals surface area (Å²) in [6.45, 7) is 3.29. The molecular weight excluding hydrogens is 194 g/mol. The summed E-state index contributed by atoms with van der Waals surface area (Å²) in [5, 5.41) is 17.5. The summed E-state index contributed by atoms with van der Waals surface area (Å²) in [5.74, 6) is 0.731. The molecule has 2 heterocycles. The van der Waals surface area contributed by atoms with Crippen LogP contribution in [0.3, 0.4) is 0 Å². The SMILES string of the molecule is CC1CCNC(C(O)c2ccsc2)C1. The molecule has 1 aromatic rings. The molecule has 1 aromatic heterocycles. The summed E-state index contributed by atoms with van der Waals surface area (Å²) in [5.41, 5.74) is 1.06. The third-order valence-corrected chi connectivity index (χ3v) is 3.67. The van der Waals surface area contributed by atoms with Crippen molar-refractivity contribution in [2.45, 2.75) is 31.9 Å². The summed E-state index contributed by atoms with van der Waals surface area (Å²) in [6.07, 6.45) is 1.98. The lowest BCUT2D eigenvalue weighted by molar-refractivity contribution is 0.102.